The van der Waals surface area contributed by atoms with Gasteiger partial charge >= 0.3 is 0 Å². The van der Waals surface area contributed by atoms with E-state index in [-0.39, 0.29) is 5.91 Å². The van der Waals surface area contributed by atoms with Crippen LogP contribution in [-0.2, 0) is 6.42 Å². The molecule has 3 heterocycles. The van der Waals surface area contributed by atoms with E-state index >= 15 is 0 Å². The topological polar surface area (TPSA) is 71.0 Å². The Balaban J connectivity index is 1.53. The summed E-state index contributed by atoms with van der Waals surface area (Å²) < 4.78 is 0. The first kappa shape index (κ1) is 18.3. The summed E-state index contributed by atoms with van der Waals surface area (Å²) in [5.74, 6) is 1.44. The Bertz CT molecular complexity index is 952. The third-order valence-corrected chi connectivity index (χ3v) is 5.36. The fourth-order valence-electron chi connectivity index (χ4n) is 3.65. The Hall–Kier alpha value is -3.02. The summed E-state index contributed by atoms with van der Waals surface area (Å²) in [5, 5.41) is 13.5. The lowest BCUT2D eigenvalue weighted by molar-refractivity contribution is 0.0950. The first-order chi connectivity index (χ1) is 13.7. The molecule has 0 radical (unpaired) electrons. The molecule has 0 spiro atoms. The number of fused-ring (bicyclic) bond motifs is 1. The number of nitrogens with one attached hydrogen (secondary N) is 1. The van der Waals surface area contributed by atoms with Gasteiger partial charge in [0.25, 0.3) is 5.91 Å². The lowest BCUT2D eigenvalue weighted by Crippen LogP contribution is -2.34. The lowest BCUT2D eigenvalue weighted by atomic mass is 9.99. The third-order valence-electron chi connectivity index (χ3n) is 5.36. The molecule has 1 aliphatic rings. The third kappa shape index (κ3) is 3.96. The summed E-state index contributed by atoms with van der Waals surface area (Å²) >= 11 is 0. The van der Waals surface area contributed by atoms with Crippen molar-refractivity contribution in [2.75, 3.05) is 24.5 Å². The number of carbonyl (C=O) groups excluding carboxylic acids is 1. The average molecular weight is 375 g/mol. The van der Waals surface area contributed by atoms with Crippen molar-refractivity contribution in [3.63, 3.8) is 0 Å². The van der Waals surface area contributed by atoms with Crippen LogP contribution in [0.4, 0.5) is 5.82 Å². The molecule has 1 saturated heterocycles. The maximum absolute atomic E-state index is 12.7. The van der Waals surface area contributed by atoms with Crippen LogP contribution >= 0.6 is 0 Å². The molecule has 1 amide bonds. The zero-order valence-electron chi connectivity index (χ0n) is 16.1. The van der Waals surface area contributed by atoms with Gasteiger partial charge in [-0.15, -0.1) is 10.2 Å². The summed E-state index contributed by atoms with van der Waals surface area (Å²) in [6.07, 6.45) is 4.76. The fourth-order valence-corrected chi connectivity index (χ4v) is 3.65. The maximum Gasteiger partial charge on any atom is 0.272 e. The van der Waals surface area contributed by atoms with Crippen LogP contribution in [0.15, 0.2) is 48.7 Å². The quantitative estimate of drug-likeness (QED) is 0.741. The van der Waals surface area contributed by atoms with Gasteiger partial charge in [0.2, 0.25) is 0 Å². The number of hydrogen-bond acceptors (Lipinski definition) is 5. The van der Waals surface area contributed by atoms with Crippen LogP contribution in [0, 0.1) is 5.92 Å². The monoisotopic (exact) mass is 375 g/mol. The van der Waals surface area contributed by atoms with Crippen LogP contribution in [0.25, 0.3) is 10.8 Å². The highest BCUT2D eigenvalue weighted by Crippen LogP contribution is 2.29. The normalized spacial score (nSPS) is 15.0. The number of rotatable bonds is 5. The molecule has 0 bridgehead atoms. The van der Waals surface area contributed by atoms with Gasteiger partial charge in [-0.1, -0.05) is 37.3 Å². The standard InChI is InChI=1S/C22H25N5O/c1-16-10-14-27(15-11-16)21-19-8-3-2-7-18(19)20(25-26-21)22(28)24-13-9-17-6-4-5-12-23-17/h2-8,12,16H,9-11,13-15H2,1H3,(H,24,28). The molecule has 0 atom stereocenters. The Morgan fingerprint density at radius 1 is 1.07 bits per heavy atom. The number of aromatic nitrogens is 3. The molecular weight excluding hydrogens is 350 g/mol. The smallest absolute Gasteiger partial charge is 0.272 e. The van der Waals surface area contributed by atoms with E-state index in [1.807, 2.05) is 42.5 Å². The molecular formula is C22H25N5O. The second kappa shape index (κ2) is 8.33. The number of nitrogens with zero attached hydrogens (tertiary/aromatic N) is 4. The molecule has 144 valence electrons. The Kier molecular flexibility index (Phi) is 5.46. The van der Waals surface area contributed by atoms with Gasteiger partial charge in [0.05, 0.1) is 0 Å². The van der Waals surface area contributed by atoms with E-state index in [1.54, 1.807) is 6.20 Å². The van der Waals surface area contributed by atoms with Crippen LogP contribution in [0.5, 0.6) is 0 Å². The minimum Gasteiger partial charge on any atom is -0.355 e. The van der Waals surface area contributed by atoms with E-state index in [2.05, 4.69) is 32.3 Å². The van der Waals surface area contributed by atoms with Crippen molar-refractivity contribution in [1.29, 1.82) is 0 Å². The van der Waals surface area contributed by atoms with Crippen molar-refractivity contribution >= 4 is 22.5 Å². The Labute approximate surface area is 165 Å². The fraction of sp³-hybridized carbons (Fsp3) is 0.364. The van der Waals surface area contributed by atoms with Crippen molar-refractivity contribution in [3.05, 3.63) is 60.0 Å². The van der Waals surface area contributed by atoms with Crippen molar-refractivity contribution in [1.82, 2.24) is 20.5 Å². The lowest BCUT2D eigenvalue weighted by Gasteiger charge is -2.31. The predicted octanol–water partition coefficient (Wildman–Crippen LogP) is 3.23. The second-order valence-electron chi connectivity index (χ2n) is 7.41. The van der Waals surface area contributed by atoms with E-state index in [4.69, 9.17) is 0 Å². The van der Waals surface area contributed by atoms with E-state index in [0.717, 1.165) is 54.1 Å². The number of amides is 1. The highest BCUT2D eigenvalue weighted by atomic mass is 16.1. The predicted molar refractivity (Wildman–Crippen MR) is 110 cm³/mol. The molecule has 1 N–H and O–H groups in total. The number of anilines is 1. The van der Waals surface area contributed by atoms with E-state index < -0.39 is 0 Å². The second-order valence-corrected chi connectivity index (χ2v) is 7.41. The summed E-state index contributed by atoms with van der Waals surface area (Å²) in [6, 6.07) is 13.7. The molecule has 0 aliphatic carbocycles. The molecule has 4 rings (SSSR count). The SMILES string of the molecule is CC1CCN(c2nnc(C(=O)NCCc3ccccn3)c3ccccc23)CC1. The molecule has 6 heteroatoms. The number of piperidine rings is 1. The summed E-state index contributed by atoms with van der Waals surface area (Å²) in [5.41, 5.74) is 1.33. The van der Waals surface area contributed by atoms with Crippen LogP contribution in [0.1, 0.15) is 35.9 Å². The number of benzene rings is 1. The van der Waals surface area contributed by atoms with Crippen molar-refractivity contribution in [2.45, 2.75) is 26.2 Å². The minimum absolute atomic E-state index is 0.196. The van der Waals surface area contributed by atoms with Gasteiger partial charge in [0, 0.05) is 48.7 Å². The number of pyridine rings is 1. The molecule has 3 aromatic rings. The molecule has 1 aliphatic heterocycles. The average Bonchev–Trinajstić information content (AvgIpc) is 2.74. The van der Waals surface area contributed by atoms with Gasteiger partial charge in [-0.2, -0.15) is 0 Å². The van der Waals surface area contributed by atoms with Crippen molar-refractivity contribution < 1.29 is 4.79 Å². The molecule has 1 aromatic carbocycles. The van der Waals surface area contributed by atoms with Crippen LogP contribution in [0.2, 0.25) is 0 Å². The molecule has 0 saturated carbocycles. The first-order valence-electron chi connectivity index (χ1n) is 9.91. The van der Waals surface area contributed by atoms with E-state index in [9.17, 15) is 4.79 Å². The zero-order chi connectivity index (χ0) is 19.3. The van der Waals surface area contributed by atoms with Crippen LogP contribution < -0.4 is 10.2 Å². The molecule has 28 heavy (non-hydrogen) atoms. The van der Waals surface area contributed by atoms with Crippen molar-refractivity contribution in [2.24, 2.45) is 5.92 Å². The Morgan fingerprint density at radius 3 is 2.57 bits per heavy atom. The maximum atomic E-state index is 12.7. The van der Waals surface area contributed by atoms with Crippen LogP contribution in [0.3, 0.4) is 0 Å². The number of carbonyl (C=O) groups is 1. The first-order valence-corrected chi connectivity index (χ1v) is 9.91. The minimum atomic E-state index is -0.196. The molecule has 6 nitrogen and oxygen atoms in total. The van der Waals surface area contributed by atoms with Gasteiger partial charge in [-0.05, 0) is 30.9 Å². The van der Waals surface area contributed by atoms with E-state index in [0.29, 0.717) is 18.7 Å². The molecule has 2 aromatic heterocycles. The molecule has 1 fully saturated rings. The zero-order valence-corrected chi connectivity index (χ0v) is 16.1. The highest BCUT2D eigenvalue weighted by Gasteiger charge is 2.22. The van der Waals surface area contributed by atoms with Gasteiger partial charge in [-0.25, -0.2) is 0 Å². The highest BCUT2D eigenvalue weighted by molar-refractivity contribution is 6.07. The van der Waals surface area contributed by atoms with Gasteiger partial charge < -0.3 is 10.2 Å². The summed E-state index contributed by atoms with van der Waals surface area (Å²) in [4.78, 5) is 19.3. The largest absolute Gasteiger partial charge is 0.355 e. The summed E-state index contributed by atoms with van der Waals surface area (Å²) in [6.45, 7) is 4.77. The van der Waals surface area contributed by atoms with Gasteiger partial charge in [-0.3, -0.25) is 9.78 Å². The molecule has 0 unspecified atom stereocenters. The van der Waals surface area contributed by atoms with Gasteiger partial charge in [0.15, 0.2) is 11.5 Å². The van der Waals surface area contributed by atoms with Gasteiger partial charge in [0.1, 0.15) is 0 Å². The van der Waals surface area contributed by atoms with Crippen LogP contribution in [-0.4, -0.2) is 40.7 Å². The van der Waals surface area contributed by atoms with E-state index in [1.165, 1.54) is 0 Å². The number of hydrogen-bond donors (Lipinski definition) is 1. The van der Waals surface area contributed by atoms with Crippen molar-refractivity contribution in [3.8, 4) is 0 Å². The Morgan fingerprint density at radius 2 is 1.82 bits per heavy atom. The summed E-state index contributed by atoms with van der Waals surface area (Å²) in [7, 11) is 0.